The van der Waals surface area contributed by atoms with Crippen LogP contribution in [-0.2, 0) is 11.9 Å². The van der Waals surface area contributed by atoms with Crippen LogP contribution in [0.5, 0.6) is 0 Å². The van der Waals surface area contributed by atoms with Crippen LogP contribution < -0.4 is 14.9 Å². The standard InChI is InChI=1S/C18H16Br2N5OS/c1-26-24-5-2-3-12(11-24)9-21-16-7-15(17-13(8-19)4-6-27-17)23-18-14(20)10-22-25(16)18/h2-7,10-11,21H,8-9H2,1H3/q+1. The van der Waals surface area contributed by atoms with Gasteiger partial charge in [-0.1, -0.05) is 15.9 Å². The van der Waals surface area contributed by atoms with Crippen molar-refractivity contribution in [2.24, 2.45) is 0 Å². The fourth-order valence-corrected chi connectivity index (χ4v) is 4.64. The third-order valence-electron chi connectivity index (χ3n) is 4.07. The van der Waals surface area contributed by atoms with Crippen LogP contribution in [0, 0.1) is 0 Å². The summed E-state index contributed by atoms with van der Waals surface area (Å²) in [7, 11) is 1.64. The van der Waals surface area contributed by atoms with Gasteiger partial charge in [-0.3, -0.25) is 4.84 Å². The van der Waals surface area contributed by atoms with E-state index in [0.717, 1.165) is 37.4 Å². The van der Waals surface area contributed by atoms with E-state index >= 15 is 0 Å². The number of aromatic nitrogens is 4. The van der Waals surface area contributed by atoms with Crippen molar-refractivity contribution in [2.45, 2.75) is 11.9 Å². The topological polar surface area (TPSA) is 55.3 Å². The Morgan fingerprint density at radius 1 is 1.37 bits per heavy atom. The molecule has 4 heterocycles. The molecule has 0 fully saturated rings. The summed E-state index contributed by atoms with van der Waals surface area (Å²) in [5, 5.41) is 10.8. The molecule has 27 heavy (non-hydrogen) atoms. The average Bonchev–Trinajstić information content (AvgIpc) is 3.33. The van der Waals surface area contributed by atoms with E-state index in [2.05, 4.69) is 53.7 Å². The van der Waals surface area contributed by atoms with Gasteiger partial charge >= 0.3 is 0 Å². The third-order valence-corrected chi connectivity index (χ3v) is 6.22. The lowest BCUT2D eigenvalue weighted by Gasteiger charge is -2.10. The van der Waals surface area contributed by atoms with Crippen LogP contribution in [0.1, 0.15) is 11.1 Å². The summed E-state index contributed by atoms with van der Waals surface area (Å²) >= 11 is 8.79. The normalized spacial score (nSPS) is 11.1. The number of nitrogens with zero attached hydrogens (tertiary/aromatic N) is 4. The molecule has 0 radical (unpaired) electrons. The van der Waals surface area contributed by atoms with Crippen LogP contribution in [0.25, 0.3) is 16.2 Å². The van der Waals surface area contributed by atoms with Crippen molar-refractivity contribution in [3.63, 3.8) is 0 Å². The van der Waals surface area contributed by atoms with E-state index in [9.17, 15) is 0 Å². The van der Waals surface area contributed by atoms with E-state index in [0.29, 0.717) is 6.54 Å². The molecule has 0 aliphatic rings. The Morgan fingerprint density at radius 2 is 2.26 bits per heavy atom. The fourth-order valence-electron chi connectivity index (χ4n) is 2.76. The molecule has 4 aromatic heterocycles. The number of anilines is 1. The first kappa shape index (κ1) is 18.4. The lowest BCUT2D eigenvalue weighted by atomic mass is 10.2. The van der Waals surface area contributed by atoms with Crippen molar-refractivity contribution >= 4 is 54.7 Å². The van der Waals surface area contributed by atoms with Crippen molar-refractivity contribution in [3.8, 4) is 10.6 Å². The summed E-state index contributed by atoms with van der Waals surface area (Å²) < 4.78 is 4.34. The fraction of sp³-hybridized carbons (Fsp3) is 0.167. The van der Waals surface area contributed by atoms with Gasteiger partial charge in [-0.25, -0.2) is 4.98 Å². The second kappa shape index (κ2) is 7.95. The highest BCUT2D eigenvalue weighted by Crippen LogP contribution is 2.33. The van der Waals surface area contributed by atoms with Crippen molar-refractivity contribution in [1.82, 2.24) is 14.6 Å². The number of nitrogens with one attached hydrogen (secondary N) is 1. The summed E-state index contributed by atoms with van der Waals surface area (Å²) in [5.74, 6) is 0.877. The lowest BCUT2D eigenvalue weighted by Crippen LogP contribution is -2.40. The highest BCUT2D eigenvalue weighted by atomic mass is 79.9. The molecule has 0 unspecified atom stereocenters. The maximum Gasteiger partial charge on any atom is 0.227 e. The van der Waals surface area contributed by atoms with Gasteiger partial charge < -0.3 is 5.32 Å². The third kappa shape index (κ3) is 3.71. The van der Waals surface area contributed by atoms with Crippen LogP contribution >= 0.6 is 43.2 Å². The zero-order chi connectivity index (χ0) is 18.8. The molecule has 0 atom stereocenters. The molecule has 0 amide bonds. The first-order valence-electron chi connectivity index (χ1n) is 8.15. The molecule has 0 saturated carbocycles. The molecule has 6 nitrogen and oxygen atoms in total. The number of fused-ring (bicyclic) bond motifs is 1. The van der Waals surface area contributed by atoms with E-state index in [1.165, 1.54) is 5.56 Å². The maximum absolute atomic E-state index is 5.23. The van der Waals surface area contributed by atoms with Gasteiger partial charge in [-0.15, -0.1) is 11.3 Å². The first-order valence-corrected chi connectivity index (χ1v) is 10.9. The van der Waals surface area contributed by atoms with Gasteiger partial charge in [0.05, 0.1) is 21.2 Å². The first-order chi connectivity index (χ1) is 13.2. The highest BCUT2D eigenvalue weighted by molar-refractivity contribution is 9.10. The molecule has 0 spiro atoms. The molecule has 1 N–H and O–H groups in total. The van der Waals surface area contributed by atoms with Crippen molar-refractivity contribution < 1.29 is 9.57 Å². The maximum atomic E-state index is 5.23. The smallest absolute Gasteiger partial charge is 0.227 e. The Bertz CT molecular complexity index is 1090. The van der Waals surface area contributed by atoms with Crippen LogP contribution in [0.15, 0.2) is 52.7 Å². The van der Waals surface area contributed by atoms with Gasteiger partial charge in [0.25, 0.3) is 0 Å². The highest BCUT2D eigenvalue weighted by Gasteiger charge is 2.15. The molecule has 0 aliphatic heterocycles. The van der Waals surface area contributed by atoms with Crippen LogP contribution in [-0.4, -0.2) is 21.7 Å². The summed E-state index contributed by atoms with van der Waals surface area (Å²) in [6, 6.07) is 8.15. The summed E-state index contributed by atoms with van der Waals surface area (Å²) in [5.41, 5.74) is 4.02. The van der Waals surface area contributed by atoms with Gasteiger partial charge in [0.1, 0.15) is 12.9 Å². The van der Waals surface area contributed by atoms with Crippen molar-refractivity contribution in [1.29, 1.82) is 0 Å². The number of halogens is 2. The van der Waals surface area contributed by atoms with Gasteiger partial charge in [-0.2, -0.15) is 9.61 Å². The van der Waals surface area contributed by atoms with Crippen molar-refractivity contribution in [3.05, 3.63) is 63.8 Å². The van der Waals surface area contributed by atoms with Crippen molar-refractivity contribution in [2.75, 3.05) is 12.4 Å². The van der Waals surface area contributed by atoms with Crippen LogP contribution in [0.4, 0.5) is 5.82 Å². The Labute approximate surface area is 177 Å². The molecule has 0 aliphatic carbocycles. The van der Waals surface area contributed by atoms with E-state index in [1.54, 1.807) is 29.4 Å². The summed E-state index contributed by atoms with van der Waals surface area (Å²) in [4.78, 5) is 11.2. The van der Waals surface area contributed by atoms with E-state index in [-0.39, 0.29) is 0 Å². The lowest BCUT2D eigenvalue weighted by molar-refractivity contribution is -0.885. The van der Waals surface area contributed by atoms with Crippen LogP contribution in [0.3, 0.4) is 0 Å². The second-order valence-electron chi connectivity index (χ2n) is 5.77. The summed E-state index contributed by atoms with van der Waals surface area (Å²) in [6.45, 7) is 0.635. The quantitative estimate of drug-likeness (QED) is 0.314. The zero-order valence-electron chi connectivity index (χ0n) is 14.4. The molecule has 0 bridgehead atoms. The molecule has 4 aromatic rings. The minimum atomic E-state index is 0.635. The number of alkyl halides is 1. The molecule has 0 saturated heterocycles. The molecule has 0 aromatic carbocycles. The van der Waals surface area contributed by atoms with Gasteiger partial charge in [0, 0.05) is 34.3 Å². The average molecular weight is 510 g/mol. The molecular weight excluding hydrogens is 494 g/mol. The van der Waals surface area contributed by atoms with E-state index in [1.807, 2.05) is 35.1 Å². The Hall–Kier alpha value is -1.97. The number of thiophene rings is 1. The minimum absolute atomic E-state index is 0.635. The molecular formula is C18H16Br2N5OS+. The Morgan fingerprint density at radius 3 is 3.07 bits per heavy atom. The van der Waals surface area contributed by atoms with Gasteiger partial charge in [0.15, 0.2) is 5.65 Å². The zero-order valence-corrected chi connectivity index (χ0v) is 18.4. The Kier molecular flexibility index (Phi) is 5.42. The monoisotopic (exact) mass is 508 g/mol. The van der Waals surface area contributed by atoms with E-state index in [4.69, 9.17) is 9.82 Å². The predicted molar refractivity (Wildman–Crippen MR) is 113 cm³/mol. The summed E-state index contributed by atoms with van der Waals surface area (Å²) in [6.07, 6.45) is 5.56. The van der Waals surface area contributed by atoms with Gasteiger partial charge in [0.2, 0.25) is 12.4 Å². The molecule has 4 rings (SSSR count). The minimum Gasteiger partial charge on any atom is -0.366 e. The number of hydrogen-bond donors (Lipinski definition) is 1. The Balaban J connectivity index is 1.72. The van der Waals surface area contributed by atoms with Gasteiger partial charge in [-0.05, 0) is 39.0 Å². The second-order valence-corrected chi connectivity index (χ2v) is 8.10. The number of hydrogen-bond acceptors (Lipinski definition) is 5. The SMILES string of the molecule is CO[n+]1cccc(CNc2cc(-c3sccc3CBr)nc3c(Br)cnn23)c1. The predicted octanol–water partition coefficient (Wildman–Crippen LogP) is 4.07. The number of rotatable bonds is 6. The van der Waals surface area contributed by atoms with E-state index < -0.39 is 0 Å². The largest absolute Gasteiger partial charge is 0.366 e. The van der Waals surface area contributed by atoms with Crippen LogP contribution in [0.2, 0.25) is 0 Å². The number of pyridine rings is 1. The molecule has 138 valence electrons. The molecule has 9 heteroatoms.